The molecule has 0 aromatic heterocycles. The highest BCUT2D eigenvalue weighted by molar-refractivity contribution is 4.78. The van der Waals surface area contributed by atoms with Gasteiger partial charge in [0.1, 0.15) is 0 Å². The maximum atomic E-state index is 11.9. The first-order chi connectivity index (χ1) is 5.51. The molecule has 1 atom stereocenters. The lowest BCUT2D eigenvalue weighted by atomic mass is 9.98. The molecule has 12 heavy (non-hydrogen) atoms. The number of hydrogen-bond donors (Lipinski definition) is 1. The standard InChI is InChI=1S/C8H14F3N/c9-8(10,11)4-7(5-12)3-6-1-2-6/h6-7H,1-5,12H2. The van der Waals surface area contributed by atoms with Crippen molar-refractivity contribution >= 4 is 0 Å². The van der Waals surface area contributed by atoms with Crippen LogP contribution in [0.2, 0.25) is 0 Å². The van der Waals surface area contributed by atoms with Crippen molar-refractivity contribution in [2.24, 2.45) is 17.6 Å². The van der Waals surface area contributed by atoms with Gasteiger partial charge in [0.2, 0.25) is 0 Å². The fourth-order valence-electron chi connectivity index (χ4n) is 1.42. The molecule has 1 rings (SSSR count). The third kappa shape index (κ3) is 3.95. The first-order valence-corrected chi connectivity index (χ1v) is 4.28. The second-order valence-electron chi connectivity index (χ2n) is 3.60. The topological polar surface area (TPSA) is 26.0 Å². The van der Waals surface area contributed by atoms with Crippen LogP contribution in [0.15, 0.2) is 0 Å². The summed E-state index contributed by atoms with van der Waals surface area (Å²) in [7, 11) is 0. The number of hydrogen-bond acceptors (Lipinski definition) is 1. The summed E-state index contributed by atoms with van der Waals surface area (Å²) < 4.78 is 35.7. The van der Waals surface area contributed by atoms with E-state index in [1.165, 1.54) is 0 Å². The van der Waals surface area contributed by atoms with Crippen LogP contribution in [0.25, 0.3) is 0 Å². The summed E-state index contributed by atoms with van der Waals surface area (Å²) >= 11 is 0. The molecule has 0 saturated heterocycles. The third-order valence-corrected chi connectivity index (χ3v) is 2.22. The van der Waals surface area contributed by atoms with Crippen LogP contribution in [0, 0.1) is 11.8 Å². The van der Waals surface area contributed by atoms with Gasteiger partial charge in [-0.05, 0) is 24.8 Å². The van der Waals surface area contributed by atoms with E-state index in [9.17, 15) is 13.2 Å². The summed E-state index contributed by atoms with van der Waals surface area (Å²) in [5, 5.41) is 0. The van der Waals surface area contributed by atoms with Crippen molar-refractivity contribution in [2.45, 2.75) is 31.9 Å². The summed E-state index contributed by atoms with van der Waals surface area (Å²) in [6, 6.07) is 0. The first-order valence-electron chi connectivity index (χ1n) is 4.28. The van der Waals surface area contributed by atoms with Crippen LogP contribution in [-0.4, -0.2) is 12.7 Å². The van der Waals surface area contributed by atoms with E-state index < -0.39 is 12.6 Å². The van der Waals surface area contributed by atoms with E-state index in [1.807, 2.05) is 0 Å². The summed E-state index contributed by atoms with van der Waals surface area (Å²) in [4.78, 5) is 0. The van der Waals surface area contributed by atoms with Gasteiger partial charge < -0.3 is 5.73 Å². The molecule has 1 aliphatic rings. The Hall–Kier alpha value is -0.250. The van der Waals surface area contributed by atoms with Gasteiger partial charge in [-0.3, -0.25) is 0 Å². The molecule has 0 amide bonds. The normalized spacial score (nSPS) is 21.0. The lowest BCUT2D eigenvalue weighted by molar-refractivity contribution is -0.144. The van der Waals surface area contributed by atoms with Gasteiger partial charge >= 0.3 is 6.18 Å². The van der Waals surface area contributed by atoms with E-state index >= 15 is 0 Å². The predicted molar refractivity (Wildman–Crippen MR) is 40.6 cm³/mol. The monoisotopic (exact) mass is 181 g/mol. The zero-order valence-electron chi connectivity index (χ0n) is 6.90. The molecule has 1 fully saturated rings. The molecule has 1 aliphatic carbocycles. The van der Waals surface area contributed by atoms with Gasteiger partial charge in [0, 0.05) is 6.42 Å². The lowest BCUT2D eigenvalue weighted by Crippen LogP contribution is -2.22. The van der Waals surface area contributed by atoms with Crippen molar-refractivity contribution < 1.29 is 13.2 Å². The van der Waals surface area contributed by atoms with Crippen molar-refractivity contribution in [1.29, 1.82) is 0 Å². The summed E-state index contributed by atoms with van der Waals surface area (Å²) in [6.45, 7) is 0.163. The maximum absolute atomic E-state index is 11.9. The number of rotatable bonds is 4. The molecule has 72 valence electrons. The van der Waals surface area contributed by atoms with E-state index in [0.717, 1.165) is 12.8 Å². The fraction of sp³-hybridized carbons (Fsp3) is 1.00. The predicted octanol–water partition coefficient (Wildman–Crippen LogP) is 2.31. The maximum Gasteiger partial charge on any atom is 0.389 e. The van der Waals surface area contributed by atoms with Gasteiger partial charge in [0.25, 0.3) is 0 Å². The quantitative estimate of drug-likeness (QED) is 0.707. The highest BCUT2D eigenvalue weighted by atomic mass is 19.4. The second-order valence-corrected chi connectivity index (χ2v) is 3.60. The van der Waals surface area contributed by atoms with Gasteiger partial charge in [0.15, 0.2) is 0 Å². The average Bonchev–Trinajstić information content (AvgIpc) is 2.67. The Balaban J connectivity index is 2.23. The van der Waals surface area contributed by atoms with Crippen molar-refractivity contribution in [3.8, 4) is 0 Å². The SMILES string of the molecule is NCC(CC1CC1)CC(F)(F)F. The molecular formula is C8H14F3N. The smallest absolute Gasteiger partial charge is 0.330 e. The van der Waals surface area contributed by atoms with E-state index in [0.29, 0.717) is 12.3 Å². The Bertz CT molecular complexity index is 140. The Kier molecular flexibility index (Phi) is 2.99. The molecule has 2 N–H and O–H groups in total. The van der Waals surface area contributed by atoms with Crippen molar-refractivity contribution in [3.05, 3.63) is 0 Å². The fourth-order valence-corrected chi connectivity index (χ4v) is 1.42. The van der Waals surface area contributed by atoms with E-state index in [2.05, 4.69) is 0 Å². The molecule has 0 spiro atoms. The van der Waals surface area contributed by atoms with Crippen LogP contribution in [-0.2, 0) is 0 Å². The Labute approximate surface area is 70.1 Å². The average molecular weight is 181 g/mol. The van der Waals surface area contributed by atoms with Crippen LogP contribution < -0.4 is 5.73 Å². The Morgan fingerprint density at radius 2 is 1.92 bits per heavy atom. The Morgan fingerprint density at radius 3 is 2.25 bits per heavy atom. The third-order valence-electron chi connectivity index (χ3n) is 2.22. The molecule has 4 heteroatoms. The van der Waals surface area contributed by atoms with Crippen LogP contribution in [0.5, 0.6) is 0 Å². The van der Waals surface area contributed by atoms with E-state index in [4.69, 9.17) is 5.73 Å². The number of nitrogens with two attached hydrogens (primary N) is 1. The van der Waals surface area contributed by atoms with Crippen molar-refractivity contribution in [2.75, 3.05) is 6.54 Å². The number of alkyl halides is 3. The van der Waals surface area contributed by atoms with Gasteiger partial charge in [0.05, 0.1) is 0 Å². The van der Waals surface area contributed by atoms with Crippen LogP contribution >= 0.6 is 0 Å². The molecule has 0 heterocycles. The minimum Gasteiger partial charge on any atom is -0.330 e. The highest BCUT2D eigenvalue weighted by Gasteiger charge is 2.34. The summed E-state index contributed by atoms with van der Waals surface area (Å²) in [5.41, 5.74) is 5.26. The molecule has 0 radical (unpaired) electrons. The van der Waals surface area contributed by atoms with E-state index in [-0.39, 0.29) is 12.5 Å². The minimum atomic E-state index is -4.04. The second kappa shape index (κ2) is 3.64. The van der Waals surface area contributed by atoms with Gasteiger partial charge in [-0.15, -0.1) is 0 Å². The number of halogens is 3. The van der Waals surface area contributed by atoms with Gasteiger partial charge in [-0.2, -0.15) is 13.2 Å². The summed E-state index contributed by atoms with van der Waals surface area (Å²) in [6.07, 6.45) is -1.91. The lowest BCUT2D eigenvalue weighted by Gasteiger charge is -2.15. The molecule has 1 saturated carbocycles. The van der Waals surface area contributed by atoms with E-state index in [1.54, 1.807) is 0 Å². The van der Waals surface area contributed by atoms with Gasteiger partial charge in [-0.25, -0.2) is 0 Å². The van der Waals surface area contributed by atoms with Gasteiger partial charge in [-0.1, -0.05) is 12.8 Å². The Morgan fingerprint density at radius 1 is 1.33 bits per heavy atom. The molecule has 0 bridgehead atoms. The van der Waals surface area contributed by atoms with Crippen LogP contribution in [0.1, 0.15) is 25.7 Å². The van der Waals surface area contributed by atoms with Crippen molar-refractivity contribution in [1.82, 2.24) is 0 Å². The molecular weight excluding hydrogens is 167 g/mol. The zero-order valence-corrected chi connectivity index (χ0v) is 6.90. The molecule has 1 unspecified atom stereocenters. The minimum absolute atomic E-state index is 0.163. The molecule has 0 aromatic carbocycles. The molecule has 0 aromatic rings. The highest BCUT2D eigenvalue weighted by Crippen LogP contribution is 2.38. The molecule has 1 nitrogen and oxygen atoms in total. The molecule has 0 aliphatic heterocycles. The first kappa shape index (κ1) is 9.84. The van der Waals surface area contributed by atoms with Crippen LogP contribution in [0.4, 0.5) is 13.2 Å². The largest absolute Gasteiger partial charge is 0.389 e. The van der Waals surface area contributed by atoms with Crippen LogP contribution in [0.3, 0.4) is 0 Å². The zero-order chi connectivity index (χ0) is 9.19. The summed E-state index contributed by atoms with van der Waals surface area (Å²) in [5.74, 6) is 0.179. The van der Waals surface area contributed by atoms with Crippen molar-refractivity contribution in [3.63, 3.8) is 0 Å².